The molecule has 2 bridgehead atoms. The number of nitrogens with one attached hydrogen (secondary N) is 1. The van der Waals surface area contributed by atoms with E-state index < -0.39 is 4.92 Å². The van der Waals surface area contributed by atoms with Crippen LogP contribution < -0.4 is 5.32 Å². The van der Waals surface area contributed by atoms with Crippen LogP contribution in [-0.2, 0) is 11.2 Å². The van der Waals surface area contributed by atoms with E-state index in [0.717, 1.165) is 12.0 Å². The number of benzene rings is 3. The van der Waals surface area contributed by atoms with Gasteiger partial charge in [0, 0.05) is 30.5 Å². The van der Waals surface area contributed by atoms with Crippen LogP contribution in [0.5, 0.6) is 0 Å². The third-order valence-electron chi connectivity index (χ3n) is 6.50. The molecule has 1 N–H and O–H groups in total. The number of carbonyl (C=O) groups is 1. The fourth-order valence-electron chi connectivity index (χ4n) is 5.19. The molecule has 5 heteroatoms. The Bertz CT molecular complexity index is 1080. The maximum atomic E-state index is 12.5. The van der Waals surface area contributed by atoms with Crippen LogP contribution >= 0.6 is 0 Å². The fraction of sp³-hybridized carbons (Fsp3) is 0.240. The quantitative estimate of drug-likeness (QED) is 0.506. The summed E-state index contributed by atoms with van der Waals surface area (Å²) in [4.78, 5) is 22.9. The van der Waals surface area contributed by atoms with Gasteiger partial charge in [-0.2, -0.15) is 0 Å². The highest BCUT2D eigenvalue weighted by atomic mass is 16.6. The highest BCUT2D eigenvalue weighted by Gasteiger charge is 2.42. The minimum atomic E-state index is -0.433. The normalized spacial score (nSPS) is 20.9. The van der Waals surface area contributed by atoms with E-state index >= 15 is 0 Å². The smallest absolute Gasteiger partial charge is 0.269 e. The predicted molar refractivity (Wildman–Crippen MR) is 114 cm³/mol. The summed E-state index contributed by atoms with van der Waals surface area (Å²) in [5.74, 6) is 1.01. The topological polar surface area (TPSA) is 72.2 Å². The van der Waals surface area contributed by atoms with Gasteiger partial charge in [-0.15, -0.1) is 0 Å². The standard InChI is InChI=1S/C25H22N2O3/c28-24(13-16-9-11-18(12-10-16)27(29)30)26-15-17-14-23-19-5-1-3-7-21(19)25(17)22-8-4-2-6-20(22)23/h1-12,17,23,25H,13-15H2,(H,26,28)/t17-,23?,25?/m1/s1. The third kappa shape index (κ3) is 3.16. The average Bonchev–Trinajstić information content (AvgIpc) is 2.78. The summed E-state index contributed by atoms with van der Waals surface area (Å²) < 4.78 is 0. The van der Waals surface area contributed by atoms with Gasteiger partial charge in [-0.3, -0.25) is 14.9 Å². The average molecular weight is 398 g/mol. The number of rotatable bonds is 5. The van der Waals surface area contributed by atoms with Crippen molar-refractivity contribution in [1.29, 1.82) is 0 Å². The maximum Gasteiger partial charge on any atom is 0.269 e. The zero-order valence-electron chi connectivity index (χ0n) is 16.5. The second-order valence-corrected chi connectivity index (χ2v) is 8.19. The molecule has 0 saturated heterocycles. The van der Waals surface area contributed by atoms with Crippen molar-refractivity contribution in [3.05, 3.63) is 111 Å². The van der Waals surface area contributed by atoms with E-state index in [-0.39, 0.29) is 18.0 Å². The number of non-ortho nitro benzene ring substituents is 1. The number of hydrogen-bond donors (Lipinski definition) is 1. The molecule has 1 atom stereocenters. The molecule has 3 aliphatic rings. The van der Waals surface area contributed by atoms with Gasteiger partial charge in [-0.1, -0.05) is 60.7 Å². The van der Waals surface area contributed by atoms with E-state index in [1.54, 1.807) is 12.1 Å². The van der Waals surface area contributed by atoms with Gasteiger partial charge in [-0.05, 0) is 40.2 Å². The van der Waals surface area contributed by atoms with Gasteiger partial charge in [0.1, 0.15) is 0 Å². The summed E-state index contributed by atoms with van der Waals surface area (Å²) in [7, 11) is 0. The molecule has 30 heavy (non-hydrogen) atoms. The van der Waals surface area contributed by atoms with Gasteiger partial charge in [-0.25, -0.2) is 0 Å². The molecule has 0 spiro atoms. The second-order valence-electron chi connectivity index (χ2n) is 8.19. The van der Waals surface area contributed by atoms with Gasteiger partial charge in [0.2, 0.25) is 5.91 Å². The van der Waals surface area contributed by atoms with Crippen LogP contribution in [0.4, 0.5) is 5.69 Å². The first-order valence-electron chi connectivity index (χ1n) is 10.3. The van der Waals surface area contributed by atoms with Crippen molar-refractivity contribution >= 4 is 11.6 Å². The monoisotopic (exact) mass is 398 g/mol. The number of hydrogen-bond acceptors (Lipinski definition) is 3. The maximum absolute atomic E-state index is 12.5. The molecular formula is C25H22N2O3. The van der Waals surface area contributed by atoms with Crippen molar-refractivity contribution in [3.63, 3.8) is 0 Å². The number of nitro groups is 1. The lowest BCUT2D eigenvalue weighted by Gasteiger charge is -2.45. The molecule has 0 aromatic heterocycles. The molecule has 0 unspecified atom stereocenters. The molecule has 0 heterocycles. The van der Waals surface area contributed by atoms with Crippen LogP contribution in [0.15, 0.2) is 72.8 Å². The molecular weight excluding hydrogens is 376 g/mol. The minimum absolute atomic E-state index is 0.0368. The molecule has 0 saturated carbocycles. The zero-order chi connectivity index (χ0) is 20.7. The van der Waals surface area contributed by atoms with Crippen molar-refractivity contribution in [2.75, 3.05) is 6.54 Å². The van der Waals surface area contributed by atoms with Gasteiger partial charge in [0.05, 0.1) is 11.3 Å². The SMILES string of the molecule is O=C(Cc1ccc([N+](=O)[O-])cc1)NC[C@H]1CC2c3ccccc3C1c1ccccc12. The second kappa shape index (κ2) is 7.41. The number of carbonyl (C=O) groups excluding carboxylic acids is 1. The number of nitro benzene ring substituents is 1. The summed E-state index contributed by atoms with van der Waals surface area (Å²) in [6.07, 6.45) is 1.27. The number of nitrogens with zero attached hydrogens (tertiary/aromatic N) is 1. The van der Waals surface area contributed by atoms with E-state index in [1.165, 1.54) is 34.4 Å². The van der Waals surface area contributed by atoms with Crippen LogP contribution in [0.2, 0.25) is 0 Å². The molecule has 3 aromatic carbocycles. The number of amides is 1. The fourth-order valence-corrected chi connectivity index (χ4v) is 5.19. The Kier molecular flexibility index (Phi) is 4.58. The minimum Gasteiger partial charge on any atom is -0.356 e. The molecule has 0 aliphatic heterocycles. The Labute approximate surface area is 174 Å². The highest BCUT2D eigenvalue weighted by Crippen LogP contribution is 2.55. The van der Waals surface area contributed by atoms with Gasteiger partial charge in [0.25, 0.3) is 5.69 Å². The Balaban J connectivity index is 1.30. The Morgan fingerprint density at radius 3 is 2.03 bits per heavy atom. The van der Waals surface area contributed by atoms with Crippen molar-refractivity contribution < 1.29 is 9.72 Å². The third-order valence-corrected chi connectivity index (χ3v) is 6.50. The lowest BCUT2D eigenvalue weighted by molar-refractivity contribution is -0.384. The Morgan fingerprint density at radius 2 is 1.47 bits per heavy atom. The molecule has 3 aromatic rings. The van der Waals surface area contributed by atoms with Gasteiger partial charge >= 0.3 is 0 Å². The zero-order valence-corrected chi connectivity index (χ0v) is 16.5. The van der Waals surface area contributed by atoms with E-state index in [4.69, 9.17) is 0 Å². The molecule has 0 fully saturated rings. The largest absolute Gasteiger partial charge is 0.356 e. The van der Waals surface area contributed by atoms with E-state index in [9.17, 15) is 14.9 Å². The molecule has 3 aliphatic carbocycles. The lowest BCUT2D eigenvalue weighted by atomic mass is 9.59. The van der Waals surface area contributed by atoms with Gasteiger partial charge in [0.15, 0.2) is 0 Å². The first-order chi connectivity index (χ1) is 14.6. The number of fused-ring (bicyclic) bond motifs is 1. The van der Waals surface area contributed by atoms with Crippen LogP contribution in [0.1, 0.15) is 46.1 Å². The Morgan fingerprint density at radius 1 is 0.900 bits per heavy atom. The molecule has 1 amide bonds. The molecule has 0 radical (unpaired) electrons. The molecule has 150 valence electrons. The lowest BCUT2D eigenvalue weighted by Crippen LogP contribution is -2.39. The van der Waals surface area contributed by atoms with Crippen LogP contribution in [0.3, 0.4) is 0 Å². The highest BCUT2D eigenvalue weighted by molar-refractivity contribution is 5.78. The van der Waals surface area contributed by atoms with Crippen molar-refractivity contribution in [2.24, 2.45) is 5.92 Å². The van der Waals surface area contributed by atoms with Crippen molar-refractivity contribution in [2.45, 2.75) is 24.7 Å². The predicted octanol–water partition coefficient (Wildman–Crippen LogP) is 4.55. The first kappa shape index (κ1) is 18.6. The first-order valence-corrected chi connectivity index (χ1v) is 10.3. The summed E-state index contributed by atoms with van der Waals surface area (Å²) in [5.41, 5.74) is 6.45. The molecule has 5 nitrogen and oxygen atoms in total. The summed E-state index contributed by atoms with van der Waals surface area (Å²) >= 11 is 0. The van der Waals surface area contributed by atoms with Crippen LogP contribution in [0.25, 0.3) is 0 Å². The summed E-state index contributed by atoms with van der Waals surface area (Å²) in [6, 6.07) is 23.6. The van der Waals surface area contributed by atoms with E-state index in [0.29, 0.717) is 24.3 Å². The van der Waals surface area contributed by atoms with Gasteiger partial charge < -0.3 is 5.32 Å². The van der Waals surface area contributed by atoms with Crippen molar-refractivity contribution in [3.8, 4) is 0 Å². The van der Waals surface area contributed by atoms with E-state index in [2.05, 4.69) is 53.8 Å². The molecule has 6 rings (SSSR count). The van der Waals surface area contributed by atoms with Crippen LogP contribution in [-0.4, -0.2) is 17.4 Å². The summed E-state index contributed by atoms with van der Waals surface area (Å²) in [5, 5.41) is 13.9. The summed E-state index contributed by atoms with van der Waals surface area (Å²) in [6.45, 7) is 0.635. The van der Waals surface area contributed by atoms with Crippen LogP contribution in [0, 0.1) is 16.0 Å². The van der Waals surface area contributed by atoms with E-state index in [1.807, 2.05) is 0 Å². The van der Waals surface area contributed by atoms with Crippen molar-refractivity contribution in [1.82, 2.24) is 5.32 Å². The Hall–Kier alpha value is -3.47.